The van der Waals surface area contributed by atoms with Crippen molar-refractivity contribution in [1.82, 2.24) is 4.90 Å². The van der Waals surface area contributed by atoms with Gasteiger partial charge < -0.3 is 14.7 Å². The van der Waals surface area contributed by atoms with Gasteiger partial charge >= 0.3 is 5.97 Å². The molecule has 5 nitrogen and oxygen atoms in total. The predicted octanol–water partition coefficient (Wildman–Crippen LogP) is 1.29. The molecule has 0 aromatic heterocycles. The molecule has 1 saturated heterocycles. The Morgan fingerprint density at radius 3 is 2.50 bits per heavy atom. The summed E-state index contributed by atoms with van der Waals surface area (Å²) < 4.78 is 5.08. The third-order valence-electron chi connectivity index (χ3n) is 3.18. The Kier molecular flexibility index (Phi) is 4.51. The molecule has 18 heavy (non-hydrogen) atoms. The molecule has 0 radical (unpaired) electrons. The van der Waals surface area contributed by atoms with E-state index in [2.05, 4.69) is 0 Å². The van der Waals surface area contributed by atoms with Gasteiger partial charge in [-0.15, -0.1) is 0 Å². The molecule has 1 heterocycles. The van der Waals surface area contributed by atoms with Crippen LogP contribution in [0.25, 0.3) is 0 Å². The zero-order valence-corrected chi connectivity index (χ0v) is 11.4. The summed E-state index contributed by atoms with van der Waals surface area (Å²) in [5.74, 6) is -1.17. The number of hydrogen-bond acceptors (Lipinski definition) is 3. The first kappa shape index (κ1) is 14.7. The van der Waals surface area contributed by atoms with Crippen molar-refractivity contribution < 1.29 is 19.4 Å². The van der Waals surface area contributed by atoms with Crippen molar-refractivity contribution in [2.24, 2.45) is 5.41 Å². The highest BCUT2D eigenvalue weighted by Crippen LogP contribution is 2.24. The van der Waals surface area contributed by atoms with Crippen molar-refractivity contribution in [3.63, 3.8) is 0 Å². The summed E-state index contributed by atoms with van der Waals surface area (Å²) in [4.78, 5) is 24.4. The monoisotopic (exact) mass is 255 g/mol. The molecule has 0 aromatic rings. The molecular formula is C13H21NO4. The van der Waals surface area contributed by atoms with E-state index in [0.717, 1.165) is 5.57 Å². The minimum atomic E-state index is -1.02. The van der Waals surface area contributed by atoms with Crippen molar-refractivity contribution in [2.45, 2.75) is 33.8 Å². The largest absolute Gasteiger partial charge is 0.479 e. The van der Waals surface area contributed by atoms with Crippen LogP contribution in [0.5, 0.6) is 0 Å². The quantitative estimate of drug-likeness (QED) is 0.755. The van der Waals surface area contributed by atoms with Crippen LogP contribution < -0.4 is 0 Å². The zero-order chi connectivity index (χ0) is 13.9. The Morgan fingerprint density at radius 1 is 1.39 bits per heavy atom. The summed E-state index contributed by atoms with van der Waals surface area (Å²) in [7, 11) is 0. The maximum absolute atomic E-state index is 12.0. The van der Waals surface area contributed by atoms with Crippen LogP contribution in [0.3, 0.4) is 0 Å². The number of rotatable bonds is 2. The van der Waals surface area contributed by atoms with Gasteiger partial charge in [-0.25, -0.2) is 4.79 Å². The molecule has 0 spiro atoms. The van der Waals surface area contributed by atoms with E-state index in [1.807, 2.05) is 27.7 Å². The number of morpholine rings is 1. The number of amides is 1. The summed E-state index contributed by atoms with van der Waals surface area (Å²) in [6, 6.07) is 0. The molecule has 1 N–H and O–H groups in total. The highest BCUT2D eigenvalue weighted by Gasteiger charge is 2.28. The van der Waals surface area contributed by atoms with Gasteiger partial charge in [0.2, 0.25) is 5.91 Å². The fourth-order valence-corrected chi connectivity index (χ4v) is 1.49. The van der Waals surface area contributed by atoms with Crippen molar-refractivity contribution in [3.8, 4) is 0 Å². The second-order valence-corrected chi connectivity index (χ2v) is 5.56. The Labute approximate surface area is 107 Å². The van der Waals surface area contributed by atoms with E-state index in [1.54, 1.807) is 6.08 Å². The summed E-state index contributed by atoms with van der Waals surface area (Å²) in [6.07, 6.45) is 0.676. The number of allylic oxidation sites excluding steroid dienone is 1. The van der Waals surface area contributed by atoms with Crippen molar-refractivity contribution in [2.75, 3.05) is 19.7 Å². The molecule has 0 unspecified atom stereocenters. The smallest absolute Gasteiger partial charge is 0.334 e. The maximum Gasteiger partial charge on any atom is 0.334 e. The van der Waals surface area contributed by atoms with Gasteiger partial charge in [-0.2, -0.15) is 0 Å². The summed E-state index contributed by atoms with van der Waals surface area (Å²) in [6.45, 7) is 8.83. The molecule has 102 valence electrons. The maximum atomic E-state index is 12.0. The van der Waals surface area contributed by atoms with E-state index in [-0.39, 0.29) is 24.5 Å². The van der Waals surface area contributed by atoms with Gasteiger partial charge in [-0.3, -0.25) is 4.79 Å². The lowest BCUT2D eigenvalue weighted by molar-refractivity contribution is -0.158. The minimum absolute atomic E-state index is 0.0614. The van der Waals surface area contributed by atoms with Crippen LogP contribution in [0.1, 0.15) is 27.7 Å². The van der Waals surface area contributed by atoms with E-state index < -0.39 is 12.1 Å². The van der Waals surface area contributed by atoms with Gasteiger partial charge in [0.05, 0.1) is 13.2 Å². The van der Waals surface area contributed by atoms with Crippen molar-refractivity contribution in [3.05, 3.63) is 11.6 Å². The van der Waals surface area contributed by atoms with E-state index in [4.69, 9.17) is 9.84 Å². The lowest BCUT2D eigenvalue weighted by Gasteiger charge is -2.30. The van der Waals surface area contributed by atoms with Crippen molar-refractivity contribution in [1.29, 1.82) is 0 Å². The second kappa shape index (κ2) is 5.52. The van der Waals surface area contributed by atoms with Gasteiger partial charge in [-0.05, 0) is 12.3 Å². The number of ether oxygens (including phenoxy) is 1. The molecular weight excluding hydrogens is 234 g/mol. The fraction of sp³-hybridized carbons (Fsp3) is 0.692. The first-order valence-electron chi connectivity index (χ1n) is 6.04. The Morgan fingerprint density at radius 2 is 2.00 bits per heavy atom. The predicted molar refractivity (Wildman–Crippen MR) is 67.2 cm³/mol. The first-order chi connectivity index (χ1) is 8.21. The molecule has 0 aliphatic carbocycles. The second-order valence-electron chi connectivity index (χ2n) is 5.56. The number of carboxylic acids is 1. The van der Waals surface area contributed by atoms with Crippen LogP contribution in [0.4, 0.5) is 0 Å². The normalized spacial score (nSPS) is 21.9. The first-order valence-corrected chi connectivity index (χ1v) is 6.04. The van der Waals surface area contributed by atoms with Crippen LogP contribution in [0, 0.1) is 5.41 Å². The van der Waals surface area contributed by atoms with Gasteiger partial charge in [-0.1, -0.05) is 26.3 Å². The molecule has 1 fully saturated rings. The van der Waals surface area contributed by atoms with Crippen LogP contribution in [0.2, 0.25) is 0 Å². The topological polar surface area (TPSA) is 66.8 Å². The number of carbonyl (C=O) groups is 2. The average molecular weight is 255 g/mol. The number of nitrogens with zero attached hydrogens (tertiary/aromatic N) is 1. The minimum Gasteiger partial charge on any atom is -0.479 e. The van der Waals surface area contributed by atoms with Gasteiger partial charge in [0, 0.05) is 12.6 Å². The third-order valence-corrected chi connectivity index (χ3v) is 3.18. The zero-order valence-electron chi connectivity index (χ0n) is 11.4. The lowest BCUT2D eigenvalue weighted by Crippen LogP contribution is -2.48. The molecule has 1 rings (SSSR count). The van der Waals surface area contributed by atoms with Crippen LogP contribution >= 0.6 is 0 Å². The van der Waals surface area contributed by atoms with E-state index in [9.17, 15) is 9.59 Å². The Bertz CT molecular complexity index is 368. The lowest BCUT2D eigenvalue weighted by atomic mass is 9.87. The van der Waals surface area contributed by atoms with Gasteiger partial charge in [0.1, 0.15) is 0 Å². The molecule has 0 bridgehead atoms. The molecule has 1 aliphatic heterocycles. The Hall–Kier alpha value is -1.36. The summed E-state index contributed by atoms with van der Waals surface area (Å²) >= 11 is 0. The molecule has 0 saturated carbocycles. The van der Waals surface area contributed by atoms with Gasteiger partial charge in [0.15, 0.2) is 6.10 Å². The van der Waals surface area contributed by atoms with E-state index in [0.29, 0.717) is 6.54 Å². The van der Waals surface area contributed by atoms with Gasteiger partial charge in [0.25, 0.3) is 0 Å². The average Bonchev–Trinajstić information content (AvgIpc) is 2.27. The number of aliphatic carboxylic acids is 1. The molecule has 1 aliphatic rings. The van der Waals surface area contributed by atoms with E-state index >= 15 is 0 Å². The number of hydrogen-bond donors (Lipinski definition) is 1. The highest BCUT2D eigenvalue weighted by atomic mass is 16.5. The Balaban J connectivity index is 2.70. The molecule has 1 amide bonds. The molecule has 1 atom stereocenters. The highest BCUT2D eigenvalue weighted by molar-refractivity contribution is 5.89. The summed E-state index contributed by atoms with van der Waals surface area (Å²) in [5.41, 5.74) is 0.916. The van der Waals surface area contributed by atoms with E-state index in [1.165, 1.54) is 4.90 Å². The number of carboxylic acid groups (broad SMARTS) is 1. The standard InChI is InChI=1S/C13H21NO4/c1-9(13(2,3)4)7-11(15)14-5-6-18-10(8-14)12(16)17/h7,10H,5-6,8H2,1-4H3,(H,16,17)/b9-7-/t10-/m0/s1. The van der Waals surface area contributed by atoms with Crippen LogP contribution in [0.15, 0.2) is 11.6 Å². The molecule has 0 aromatic carbocycles. The SMILES string of the molecule is C/C(=C/C(=O)N1CCO[C@H](C(=O)O)C1)C(C)(C)C. The molecule has 5 heteroatoms. The third kappa shape index (κ3) is 3.84. The van der Waals surface area contributed by atoms with Crippen LogP contribution in [-0.4, -0.2) is 47.7 Å². The summed E-state index contributed by atoms with van der Waals surface area (Å²) in [5, 5.41) is 8.87. The number of carbonyl (C=O) groups excluding carboxylic acids is 1. The van der Waals surface area contributed by atoms with Crippen LogP contribution in [-0.2, 0) is 14.3 Å². The van der Waals surface area contributed by atoms with Crippen molar-refractivity contribution >= 4 is 11.9 Å². The fourth-order valence-electron chi connectivity index (χ4n) is 1.49.